The van der Waals surface area contributed by atoms with Crippen LogP contribution in [0.2, 0.25) is 0 Å². The Kier molecular flexibility index (Phi) is 4.89. The molecule has 1 aliphatic rings. The van der Waals surface area contributed by atoms with Crippen molar-refractivity contribution in [2.24, 2.45) is 5.92 Å². The largest absolute Gasteiger partial charge is 0.381 e. The van der Waals surface area contributed by atoms with Gasteiger partial charge in [-0.2, -0.15) is 5.10 Å². The summed E-state index contributed by atoms with van der Waals surface area (Å²) in [4.78, 5) is 12.4. The predicted octanol–water partition coefficient (Wildman–Crippen LogP) is 2.88. The first kappa shape index (κ1) is 16.6. The summed E-state index contributed by atoms with van der Waals surface area (Å²) in [6.07, 6.45) is 2.95. The van der Waals surface area contributed by atoms with E-state index in [0.717, 1.165) is 23.8 Å². The molecule has 7 heteroatoms. The maximum absolute atomic E-state index is 13.8. The number of hydrogen-bond acceptors (Lipinski definition) is 3. The van der Waals surface area contributed by atoms with Gasteiger partial charge in [-0.3, -0.25) is 4.79 Å². The molecule has 1 amide bonds. The van der Waals surface area contributed by atoms with Crippen LogP contribution in [-0.2, 0) is 16.1 Å². The Balaban J connectivity index is 1.78. The average molecular weight is 335 g/mol. The van der Waals surface area contributed by atoms with Gasteiger partial charge >= 0.3 is 0 Å². The molecule has 0 spiro atoms. The summed E-state index contributed by atoms with van der Waals surface area (Å²) in [7, 11) is 0. The van der Waals surface area contributed by atoms with Gasteiger partial charge in [0.25, 0.3) is 0 Å². The number of amides is 1. The van der Waals surface area contributed by atoms with Gasteiger partial charge in [-0.25, -0.2) is 13.5 Å². The van der Waals surface area contributed by atoms with Crippen molar-refractivity contribution >= 4 is 11.7 Å². The summed E-state index contributed by atoms with van der Waals surface area (Å²) in [6.45, 7) is 3.00. The van der Waals surface area contributed by atoms with E-state index in [1.807, 2.05) is 6.92 Å². The first-order valence-corrected chi connectivity index (χ1v) is 7.89. The predicted molar refractivity (Wildman–Crippen MR) is 84.6 cm³/mol. The van der Waals surface area contributed by atoms with Crippen molar-refractivity contribution < 1.29 is 18.3 Å². The van der Waals surface area contributed by atoms with Crippen LogP contribution < -0.4 is 5.32 Å². The summed E-state index contributed by atoms with van der Waals surface area (Å²) in [5.74, 6) is -0.709. The molecule has 0 aliphatic carbocycles. The molecule has 0 radical (unpaired) electrons. The van der Waals surface area contributed by atoms with Crippen molar-refractivity contribution in [3.63, 3.8) is 0 Å². The molecule has 1 fully saturated rings. The summed E-state index contributed by atoms with van der Waals surface area (Å²) in [6, 6.07) is 3.29. The molecular weight excluding hydrogens is 316 g/mol. The van der Waals surface area contributed by atoms with Gasteiger partial charge in [0.15, 0.2) is 0 Å². The number of halogens is 2. The highest BCUT2D eigenvalue weighted by molar-refractivity contribution is 5.92. The van der Waals surface area contributed by atoms with E-state index in [9.17, 15) is 13.6 Å². The first-order valence-electron chi connectivity index (χ1n) is 7.89. The number of benzene rings is 1. The van der Waals surface area contributed by atoms with Crippen LogP contribution in [0.5, 0.6) is 0 Å². The van der Waals surface area contributed by atoms with Gasteiger partial charge in [0.1, 0.15) is 17.5 Å². The molecule has 3 rings (SSSR count). The summed E-state index contributed by atoms with van der Waals surface area (Å²) in [5, 5.41) is 7.04. The Morgan fingerprint density at radius 3 is 2.88 bits per heavy atom. The third-order valence-electron chi connectivity index (χ3n) is 4.18. The minimum Gasteiger partial charge on any atom is -0.381 e. The highest BCUT2D eigenvalue weighted by Gasteiger charge is 2.23. The Hall–Kier alpha value is -2.28. The number of carbonyl (C=O) groups is 1. The zero-order valence-corrected chi connectivity index (χ0v) is 13.4. The number of carbonyl (C=O) groups excluding carboxylic acids is 1. The monoisotopic (exact) mass is 335 g/mol. The second kappa shape index (κ2) is 7.09. The molecule has 24 heavy (non-hydrogen) atoms. The Labute approximate surface area is 138 Å². The van der Waals surface area contributed by atoms with Crippen molar-refractivity contribution in [2.45, 2.75) is 26.3 Å². The number of anilines is 1. The lowest BCUT2D eigenvalue weighted by molar-refractivity contribution is -0.122. The lowest BCUT2D eigenvalue weighted by Gasteiger charge is -2.21. The van der Waals surface area contributed by atoms with Crippen molar-refractivity contribution in [2.75, 3.05) is 18.5 Å². The Morgan fingerprint density at radius 2 is 2.12 bits per heavy atom. The first-order chi connectivity index (χ1) is 11.5. The normalized spacial score (nSPS) is 15.5. The maximum Gasteiger partial charge on any atom is 0.228 e. The van der Waals surface area contributed by atoms with Crippen molar-refractivity contribution in [3.8, 4) is 0 Å². The molecule has 1 aromatic heterocycles. The number of nitrogens with one attached hydrogen (secondary N) is 1. The van der Waals surface area contributed by atoms with Crippen molar-refractivity contribution in [1.82, 2.24) is 9.78 Å². The second-order valence-corrected chi connectivity index (χ2v) is 5.95. The van der Waals surface area contributed by atoms with Crippen LogP contribution in [0.4, 0.5) is 14.6 Å². The molecule has 1 aromatic carbocycles. The molecule has 1 saturated heterocycles. The van der Waals surface area contributed by atoms with Crippen LogP contribution in [0, 0.1) is 24.5 Å². The fourth-order valence-corrected chi connectivity index (χ4v) is 2.77. The molecule has 2 aromatic rings. The third kappa shape index (κ3) is 3.62. The lowest BCUT2D eigenvalue weighted by atomic mass is 9.99. The van der Waals surface area contributed by atoms with E-state index >= 15 is 0 Å². The minimum absolute atomic E-state index is 0.0425. The van der Waals surface area contributed by atoms with Crippen LogP contribution in [0.3, 0.4) is 0 Å². The molecule has 0 saturated carbocycles. The summed E-state index contributed by atoms with van der Waals surface area (Å²) >= 11 is 0. The van der Waals surface area contributed by atoms with E-state index in [2.05, 4.69) is 10.4 Å². The molecule has 2 heterocycles. The van der Waals surface area contributed by atoms with Gasteiger partial charge in [-0.15, -0.1) is 0 Å². The van der Waals surface area contributed by atoms with Crippen LogP contribution >= 0.6 is 0 Å². The van der Waals surface area contributed by atoms with Crippen molar-refractivity contribution in [3.05, 3.63) is 47.2 Å². The number of aromatic nitrogens is 2. The second-order valence-electron chi connectivity index (χ2n) is 5.95. The number of rotatable bonds is 4. The zero-order valence-electron chi connectivity index (χ0n) is 13.4. The van der Waals surface area contributed by atoms with E-state index in [-0.39, 0.29) is 23.9 Å². The fraction of sp³-hybridized carbons (Fsp3) is 0.412. The van der Waals surface area contributed by atoms with Gasteiger partial charge in [0.05, 0.1) is 12.7 Å². The van der Waals surface area contributed by atoms with Crippen LogP contribution in [0.15, 0.2) is 24.4 Å². The van der Waals surface area contributed by atoms with Crippen molar-refractivity contribution in [1.29, 1.82) is 0 Å². The number of aryl methyl sites for hydroxylation is 1. The molecular formula is C17H19F2N3O2. The topological polar surface area (TPSA) is 56.2 Å². The zero-order chi connectivity index (χ0) is 17.1. The Bertz CT molecular complexity index is 739. The number of ether oxygens (including phenoxy) is 1. The van der Waals surface area contributed by atoms with Gasteiger partial charge in [-0.1, -0.05) is 0 Å². The average Bonchev–Trinajstić information content (AvgIpc) is 2.92. The highest BCUT2D eigenvalue weighted by atomic mass is 19.1. The van der Waals surface area contributed by atoms with E-state index in [0.29, 0.717) is 31.9 Å². The molecule has 0 unspecified atom stereocenters. The summed E-state index contributed by atoms with van der Waals surface area (Å²) < 4.78 is 33.9. The van der Waals surface area contributed by atoms with Gasteiger partial charge in [0, 0.05) is 30.3 Å². The Morgan fingerprint density at radius 1 is 1.38 bits per heavy atom. The maximum atomic E-state index is 13.8. The van der Waals surface area contributed by atoms with E-state index < -0.39 is 11.6 Å². The minimum atomic E-state index is -0.511. The van der Waals surface area contributed by atoms with Gasteiger partial charge in [-0.05, 0) is 38.0 Å². The number of hydrogen-bond donors (Lipinski definition) is 1. The summed E-state index contributed by atoms with van der Waals surface area (Å²) in [5.41, 5.74) is 0.951. The van der Waals surface area contributed by atoms with Crippen LogP contribution in [0.1, 0.15) is 24.0 Å². The van der Waals surface area contributed by atoms with Crippen LogP contribution in [0.25, 0.3) is 0 Å². The molecule has 0 bridgehead atoms. The van der Waals surface area contributed by atoms with E-state index in [1.165, 1.54) is 4.68 Å². The molecule has 5 nitrogen and oxygen atoms in total. The smallest absolute Gasteiger partial charge is 0.228 e. The van der Waals surface area contributed by atoms with Gasteiger partial charge in [0.2, 0.25) is 5.91 Å². The molecule has 128 valence electrons. The molecule has 0 atom stereocenters. The SMILES string of the molecule is Cc1cnn(Cc2cc(F)ccc2F)c1NC(=O)C1CCOCC1. The highest BCUT2D eigenvalue weighted by Crippen LogP contribution is 2.21. The van der Waals surface area contributed by atoms with E-state index in [4.69, 9.17) is 4.74 Å². The van der Waals surface area contributed by atoms with Crippen LogP contribution in [-0.4, -0.2) is 28.9 Å². The lowest BCUT2D eigenvalue weighted by Crippen LogP contribution is -2.29. The fourth-order valence-electron chi connectivity index (χ4n) is 2.77. The van der Waals surface area contributed by atoms with Gasteiger partial charge < -0.3 is 10.1 Å². The third-order valence-corrected chi connectivity index (χ3v) is 4.18. The quantitative estimate of drug-likeness (QED) is 0.935. The van der Waals surface area contributed by atoms with E-state index in [1.54, 1.807) is 6.20 Å². The standard InChI is InChI=1S/C17H19F2N3O2/c1-11-9-20-22(10-13-8-14(18)2-3-15(13)19)16(11)21-17(23)12-4-6-24-7-5-12/h2-3,8-9,12H,4-7,10H2,1H3,(H,21,23). The molecule has 1 aliphatic heterocycles. The number of nitrogens with zero attached hydrogens (tertiary/aromatic N) is 2. The molecule has 1 N–H and O–H groups in total.